The Balaban J connectivity index is 1.81. The fourth-order valence-corrected chi connectivity index (χ4v) is 1.86. The largest absolute Gasteiger partial charge is 0.349 e. The predicted molar refractivity (Wildman–Crippen MR) is 64.9 cm³/mol. The summed E-state index contributed by atoms with van der Waals surface area (Å²) < 4.78 is 0. The van der Waals surface area contributed by atoms with Crippen LogP contribution in [0.15, 0.2) is 12.4 Å². The van der Waals surface area contributed by atoms with Gasteiger partial charge in [0.25, 0.3) is 0 Å². The minimum absolute atomic E-state index is 1.11. The van der Waals surface area contributed by atoms with Crippen molar-refractivity contribution in [1.82, 2.24) is 9.97 Å². The van der Waals surface area contributed by atoms with Crippen LogP contribution in [0.1, 0.15) is 64.1 Å². The van der Waals surface area contributed by atoms with Gasteiger partial charge in [0.1, 0.15) is 5.82 Å². The molecule has 0 radical (unpaired) electrons. The molecule has 1 aromatic heterocycles. The molecule has 1 rings (SSSR count). The summed E-state index contributed by atoms with van der Waals surface area (Å²) in [6.07, 6.45) is 15.9. The Morgan fingerprint density at radius 2 is 1.67 bits per heavy atom. The number of unbranched alkanes of at least 4 members (excludes halogenated alkanes) is 7. The first-order valence-electron chi connectivity index (χ1n) is 6.41. The van der Waals surface area contributed by atoms with Gasteiger partial charge < -0.3 is 4.98 Å². The topological polar surface area (TPSA) is 28.7 Å². The van der Waals surface area contributed by atoms with Gasteiger partial charge in [-0.2, -0.15) is 0 Å². The van der Waals surface area contributed by atoms with Crippen LogP contribution in [0.2, 0.25) is 0 Å². The zero-order valence-corrected chi connectivity index (χ0v) is 9.97. The fourth-order valence-electron chi connectivity index (χ4n) is 1.86. The van der Waals surface area contributed by atoms with Crippen molar-refractivity contribution in [3.63, 3.8) is 0 Å². The third-order valence-electron chi connectivity index (χ3n) is 2.82. The van der Waals surface area contributed by atoms with E-state index >= 15 is 0 Å². The van der Waals surface area contributed by atoms with E-state index in [0.29, 0.717) is 0 Å². The first-order valence-corrected chi connectivity index (χ1v) is 6.41. The summed E-state index contributed by atoms with van der Waals surface area (Å²) in [7, 11) is 0. The Kier molecular flexibility index (Phi) is 6.97. The van der Waals surface area contributed by atoms with Crippen molar-refractivity contribution in [3.05, 3.63) is 18.2 Å². The molecule has 0 aliphatic carbocycles. The predicted octanol–water partition coefficient (Wildman–Crippen LogP) is 4.09. The van der Waals surface area contributed by atoms with Crippen LogP contribution >= 0.6 is 0 Å². The summed E-state index contributed by atoms with van der Waals surface area (Å²) >= 11 is 0. The highest BCUT2D eigenvalue weighted by molar-refractivity contribution is 4.86. The number of aromatic amines is 1. The highest BCUT2D eigenvalue weighted by Crippen LogP contribution is 2.09. The summed E-state index contributed by atoms with van der Waals surface area (Å²) in [5.74, 6) is 1.14. The summed E-state index contributed by atoms with van der Waals surface area (Å²) in [5, 5.41) is 0. The molecular formula is C13H24N2. The first kappa shape index (κ1) is 12.3. The average Bonchev–Trinajstić information content (AvgIpc) is 2.75. The maximum absolute atomic E-state index is 4.22. The molecule has 0 amide bonds. The van der Waals surface area contributed by atoms with Gasteiger partial charge in [-0.1, -0.05) is 51.9 Å². The van der Waals surface area contributed by atoms with Crippen LogP contribution < -0.4 is 0 Å². The number of H-pyrrole nitrogens is 1. The number of aromatic nitrogens is 2. The van der Waals surface area contributed by atoms with Crippen molar-refractivity contribution in [2.75, 3.05) is 0 Å². The summed E-state index contributed by atoms with van der Waals surface area (Å²) in [6, 6.07) is 0. The molecule has 0 saturated carbocycles. The minimum Gasteiger partial charge on any atom is -0.349 e. The number of hydrogen-bond acceptors (Lipinski definition) is 1. The van der Waals surface area contributed by atoms with Crippen LogP contribution in [0, 0.1) is 0 Å². The number of nitrogens with one attached hydrogen (secondary N) is 1. The molecular weight excluding hydrogens is 184 g/mol. The molecule has 86 valence electrons. The Bertz CT molecular complexity index is 216. The molecule has 1 N–H and O–H groups in total. The molecule has 0 unspecified atom stereocenters. The summed E-state index contributed by atoms with van der Waals surface area (Å²) in [6.45, 7) is 2.27. The minimum atomic E-state index is 1.11. The van der Waals surface area contributed by atoms with E-state index in [1.54, 1.807) is 0 Å². The van der Waals surface area contributed by atoms with E-state index in [9.17, 15) is 0 Å². The third kappa shape index (κ3) is 6.32. The van der Waals surface area contributed by atoms with Crippen molar-refractivity contribution in [1.29, 1.82) is 0 Å². The van der Waals surface area contributed by atoms with Crippen LogP contribution in [0.4, 0.5) is 0 Å². The van der Waals surface area contributed by atoms with Crippen LogP contribution in [-0.2, 0) is 6.42 Å². The second-order valence-electron chi connectivity index (χ2n) is 4.26. The Morgan fingerprint density at radius 1 is 1.00 bits per heavy atom. The molecule has 0 fully saturated rings. The Labute approximate surface area is 93.5 Å². The van der Waals surface area contributed by atoms with Gasteiger partial charge in [-0.3, -0.25) is 0 Å². The van der Waals surface area contributed by atoms with E-state index in [-0.39, 0.29) is 0 Å². The molecule has 0 saturated heterocycles. The van der Waals surface area contributed by atoms with Gasteiger partial charge in [0.15, 0.2) is 0 Å². The van der Waals surface area contributed by atoms with E-state index in [0.717, 1.165) is 12.2 Å². The van der Waals surface area contributed by atoms with E-state index in [4.69, 9.17) is 0 Å². The molecule has 0 atom stereocenters. The third-order valence-corrected chi connectivity index (χ3v) is 2.82. The van der Waals surface area contributed by atoms with Gasteiger partial charge in [-0.25, -0.2) is 4.98 Å². The van der Waals surface area contributed by atoms with Crippen molar-refractivity contribution in [2.24, 2.45) is 0 Å². The van der Waals surface area contributed by atoms with Crippen molar-refractivity contribution in [3.8, 4) is 0 Å². The maximum Gasteiger partial charge on any atom is 0.105 e. The zero-order chi connectivity index (χ0) is 10.8. The molecule has 0 bridgehead atoms. The highest BCUT2D eigenvalue weighted by Gasteiger charge is 1.95. The Hall–Kier alpha value is -0.790. The maximum atomic E-state index is 4.22. The van der Waals surface area contributed by atoms with Crippen LogP contribution in [-0.4, -0.2) is 9.97 Å². The molecule has 0 spiro atoms. The molecule has 2 heteroatoms. The molecule has 2 nitrogen and oxygen atoms in total. The SMILES string of the molecule is CCCCCCCCCCc1ncc[nH]1. The normalized spacial score (nSPS) is 10.7. The van der Waals surface area contributed by atoms with Crippen molar-refractivity contribution >= 4 is 0 Å². The quantitative estimate of drug-likeness (QED) is 0.608. The second kappa shape index (κ2) is 8.51. The monoisotopic (exact) mass is 208 g/mol. The molecule has 0 aromatic carbocycles. The number of hydrogen-bond donors (Lipinski definition) is 1. The molecule has 1 heterocycles. The van der Waals surface area contributed by atoms with Gasteiger partial charge in [0.2, 0.25) is 0 Å². The van der Waals surface area contributed by atoms with Crippen molar-refractivity contribution < 1.29 is 0 Å². The lowest BCUT2D eigenvalue weighted by molar-refractivity contribution is 0.572. The Morgan fingerprint density at radius 3 is 2.27 bits per heavy atom. The molecule has 0 aliphatic heterocycles. The van der Waals surface area contributed by atoms with Gasteiger partial charge in [-0.15, -0.1) is 0 Å². The number of rotatable bonds is 9. The van der Waals surface area contributed by atoms with E-state index in [1.165, 1.54) is 51.4 Å². The zero-order valence-electron chi connectivity index (χ0n) is 9.97. The second-order valence-corrected chi connectivity index (χ2v) is 4.26. The van der Waals surface area contributed by atoms with Crippen LogP contribution in [0.5, 0.6) is 0 Å². The van der Waals surface area contributed by atoms with E-state index in [1.807, 2.05) is 12.4 Å². The van der Waals surface area contributed by atoms with Gasteiger partial charge in [0, 0.05) is 18.8 Å². The fraction of sp³-hybridized carbons (Fsp3) is 0.769. The average molecular weight is 208 g/mol. The smallest absolute Gasteiger partial charge is 0.105 e. The van der Waals surface area contributed by atoms with E-state index in [2.05, 4.69) is 16.9 Å². The molecule has 0 aliphatic rings. The molecule has 15 heavy (non-hydrogen) atoms. The first-order chi connectivity index (χ1) is 7.43. The van der Waals surface area contributed by atoms with Crippen LogP contribution in [0.25, 0.3) is 0 Å². The number of nitrogens with zero attached hydrogens (tertiary/aromatic N) is 1. The summed E-state index contributed by atoms with van der Waals surface area (Å²) in [5.41, 5.74) is 0. The number of aryl methyl sites for hydroxylation is 1. The molecule has 1 aromatic rings. The van der Waals surface area contributed by atoms with Crippen molar-refractivity contribution in [2.45, 2.75) is 64.7 Å². The van der Waals surface area contributed by atoms with Gasteiger partial charge >= 0.3 is 0 Å². The lowest BCUT2D eigenvalue weighted by atomic mass is 10.1. The van der Waals surface area contributed by atoms with E-state index < -0.39 is 0 Å². The van der Waals surface area contributed by atoms with Gasteiger partial charge in [0.05, 0.1) is 0 Å². The van der Waals surface area contributed by atoms with Gasteiger partial charge in [-0.05, 0) is 6.42 Å². The lowest BCUT2D eigenvalue weighted by Crippen LogP contribution is -1.88. The lowest BCUT2D eigenvalue weighted by Gasteiger charge is -2.00. The van der Waals surface area contributed by atoms with Crippen LogP contribution in [0.3, 0.4) is 0 Å². The number of imidazole rings is 1. The standard InChI is InChI=1S/C13H24N2/c1-2-3-4-5-6-7-8-9-10-13-14-11-12-15-13/h11-12H,2-10H2,1H3,(H,14,15). The summed E-state index contributed by atoms with van der Waals surface area (Å²) in [4.78, 5) is 7.36. The highest BCUT2D eigenvalue weighted by atomic mass is 14.9.